The first-order valence-electron chi connectivity index (χ1n) is 6.76. The van der Waals surface area contributed by atoms with E-state index in [4.69, 9.17) is 4.74 Å². The number of methoxy groups -OCH3 is 1. The second kappa shape index (κ2) is 7.16. The van der Waals surface area contributed by atoms with Crippen molar-refractivity contribution in [1.29, 1.82) is 0 Å². The van der Waals surface area contributed by atoms with Gasteiger partial charge in [-0.25, -0.2) is 4.98 Å². The fourth-order valence-corrected chi connectivity index (χ4v) is 2.12. The lowest BCUT2D eigenvalue weighted by molar-refractivity contribution is 0.161. The van der Waals surface area contributed by atoms with Gasteiger partial charge in [-0.2, -0.15) is 0 Å². The maximum absolute atomic E-state index is 5.22. The fourth-order valence-electron chi connectivity index (χ4n) is 2.12. The average molecular weight is 259 g/mol. The molecule has 2 aromatic rings. The Balaban J connectivity index is 2.00. The Morgan fingerprint density at radius 1 is 1.26 bits per heavy atom. The molecule has 2 rings (SSSR count). The van der Waals surface area contributed by atoms with Crippen LogP contribution in [0, 0.1) is 0 Å². The molecule has 0 fully saturated rings. The lowest BCUT2D eigenvalue weighted by Crippen LogP contribution is -2.32. The lowest BCUT2D eigenvalue weighted by Gasteiger charge is -2.16. The highest BCUT2D eigenvalue weighted by molar-refractivity contribution is 5.73. The number of nitrogens with zero attached hydrogens (tertiary/aromatic N) is 2. The van der Waals surface area contributed by atoms with Crippen molar-refractivity contribution in [2.75, 3.05) is 13.7 Å². The molecule has 0 spiro atoms. The van der Waals surface area contributed by atoms with Gasteiger partial charge in [0.2, 0.25) is 0 Å². The lowest BCUT2D eigenvalue weighted by atomic mass is 10.2. The van der Waals surface area contributed by atoms with Crippen molar-refractivity contribution in [3.63, 3.8) is 0 Å². The van der Waals surface area contributed by atoms with E-state index in [9.17, 15) is 0 Å². The molecule has 1 unspecified atom stereocenters. The highest BCUT2D eigenvalue weighted by atomic mass is 16.5. The standard InChI is InChI=1S/C15H21N3O/c1-3-6-12(11-19-2)16-9-13-10-17-14-7-4-5-8-15(14)18-13/h4-5,7-8,10,12,16H,3,6,9,11H2,1-2H3. The van der Waals surface area contributed by atoms with E-state index < -0.39 is 0 Å². The summed E-state index contributed by atoms with van der Waals surface area (Å²) in [5.74, 6) is 0. The predicted molar refractivity (Wildman–Crippen MR) is 76.9 cm³/mol. The van der Waals surface area contributed by atoms with E-state index in [0.717, 1.165) is 42.7 Å². The number of rotatable bonds is 7. The Labute approximate surface area is 114 Å². The zero-order valence-corrected chi connectivity index (χ0v) is 11.6. The van der Waals surface area contributed by atoms with Crippen molar-refractivity contribution in [3.8, 4) is 0 Å². The van der Waals surface area contributed by atoms with Gasteiger partial charge in [0, 0.05) is 19.7 Å². The second-order valence-electron chi connectivity index (χ2n) is 4.67. The van der Waals surface area contributed by atoms with Gasteiger partial charge in [0.15, 0.2) is 0 Å². The Bertz CT molecular complexity index is 509. The van der Waals surface area contributed by atoms with Gasteiger partial charge in [-0.05, 0) is 18.6 Å². The maximum atomic E-state index is 5.22. The van der Waals surface area contributed by atoms with Crippen molar-refractivity contribution in [2.24, 2.45) is 0 Å². The van der Waals surface area contributed by atoms with Crippen molar-refractivity contribution in [2.45, 2.75) is 32.4 Å². The molecule has 1 heterocycles. The minimum absolute atomic E-state index is 0.378. The fraction of sp³-hybridized carbons (Fsp3) is 0.467. The third-order valence-electron chi connectivity index (χ3n) is 3.08. The molecule has 0 aliphatic rings. The molecule has 1 aromatic carbocycles. The van der Waals surface area contributed by atoms with Crippen LogP contribution >= 0.6 is 0 Å². The first-order chi connectivity index (χ1) is 9.33. The van der Waals surface area contributed by atoms with Crippen molar-refractivity contribution in [1.82, 2.24) is 15.3 Å². The van der Waals surface area contributed by atoms with Crippen molar-refractivity contribution in [3.05, 3.63) is 36.2 Å². The molecule has 0 saturated carbocycles. The largest absolute Gasteiger partial charge is 0.383 e. The summed E-state index contributed by atoms with van der Waals surface area (Å²) in [6, 6.07) is 8.31. The van der Waals surface area contributed by atoms with Crippen molar-refractivity contribution >= 4 is 11.0 Å². The van der Waals surface area contributed by atoms with Crippen LogP contribution in [-0.4, -0.2) is 29.7 Å². The highest BCUT2D eigenvalue weighted by Gasteiger charge is 2.07. The molecular formula is C15H21N3O. The van der Waals surface area contributed by atoms with Crippen LogP contribution in [0.3, 0.4) is 0 Å². The van der Waals surface area contributed by atoms with Crippen LogP contribution in [0.4, 0.5) is 0 Å². The van der Waals surface area contributed by atoms with E-state index >= 15 is 0 Å². The van der Waals surface area contributed by atoms with E-state index in [2.05, 4.69) is 22.2 Å². The monoisotopic (exact) mass is 259 g/mol. The molecule has 0 aliphatic carbocycles. The zero-order chi connectivity index (χ0) is 13.5. The Morgan fingerprint density at radius 3 is 2.79 bits per heavy atom. The summed E-state index contributed by atoms with van der Waals surface area (Å²) in [5.41, 5.74) is 2.85. The minimum Gasteiger partial charge on any atom is -0.383 e. The second-order valence-corrected chi connectivity index (χ2v) is 4.67. The van der Waals surface area contributed by atoms with E-state index in [1.807, 2.05) is 30.5 Å². The molecule has 1 atom stereocenters. The first-order valence-corrected chi connectivity index (χ1v) is 6.76. The molecular weight excluding hydrogens is 238 g/mol. The summed E-state index contributed by atoms with van der Waals surface area (Å²) in [7, 11) is 1.74. The van der Waals surface area contributed by atoms with Gasteiger partial charge in [0.1, 0.15) is 0 Å². The zero-order valence-electron chi connectivity index (χ0n) is 11.6. The van der Waals surface area contributed by atoms with Crippen LogP contribution in [-0.2, 0) is 11.3 Å². The van der Waals surface area contributed by atoms with Gasteiger partial charge >= 0.3 is 0 Å². The Kier molecular flexibility index (Phi) is 5.24. The van der Waals surface area contributed by atoms with Gasteiger partial charge in [-0.3, -0.25) is 4.98 Å². The molecule has 1 N–H and O–H groups in total. The molecule has 102 valence electrons. The SMILES string of the molecule is CCCC(COC)NCc1cnc2ccccc2n1. The minimum atomic E-state index is 0.378. The van der Waals surface area contributed by atoms with Crippen molar-refractivity contribution < 1.29 is 4.74 Å². The summed E-state index contributed by atoms with van der Waals surface area (Å²) < 4.78 is 5.22. The third-order valence-corrected chi connectivity index (χ3v) is 3.08. The van der Waals surface area contributed by atoms with Crippen LogP contribution in [0.1, 0.15) is 25.5 Å². The van der Waals surface area contributed by atoms with Gasteiger partial charge < -0.3 is 10.1 Å². The molecule has 19 heavy (non-hydrogen) atoms. The van der Waals surface area contributed by atoms with Gasteiger partial charge in [0.25, 0.3) is 0 Å². The molecule has 0 amide bonds. The number of aromatic nitrogens is 2. The Morgan fingerprint density at radius 2 is 2.05 bits per heavy atom. The average Bonchev–Trinajstić information content (AvgIpc) is 2.45. The number of hydrogen-bond acceptors (Lipinski definition) is 4. The molecule has 0 radical (unpaired) electrons. The number of hydrogen-bond donors (Lipinski definition) is 1. The highest BCUT2D eigenvalue weighted by Crippen LogP contribution is 2.08. The molecule has 0 bridgehead atoms. The number of fused-ring (bicyclic) bond motifs is 1. The molecule has 0 aliphatic heterocycles. The van der Waals surface area contributed by atoms with Crippen LogP contribution in [0.25, 0.3) is 11.0 Å². The van der Waals surface area contributed by atoms with Crippen LogP contribution in [0.2, 0.25) is 0 Å². The van der Waals surface area contributed by atoms with Gasteiger partial charge in [-0.15, -0.1) is 0 Å². The number of benzene rings is 1. The quantitative estimate of drug-likeness (QED) is 0.830. The molecule has 0 saturated heterocycles. The number of nitrogens with one attached hydrogen (secondary N) is 1. The van der Waals surface area contributed by atoms with E-state index in [-0.39, 0.29) is 0 Å². The van der Waals surface area contributed by atoms with E-state index in [0.29, 0.717) is 6.04 Å². The van der Waals surface area contributed by atoms with E-state index in [1.54, 1.807) is 7.11 Å². The Hall–Kier alpha value is -1.52. The summed E-state index contributed by atoms with van der Waals surface area (Å²) in [4.78, 5) is 9.02. The summed E-state index contributed by atoms with van der Waals surface area (Å²) in [5, 5.41) is 3.48. The van der Waals surface area contributed by atoms with Gasteiger partial charge in [-0.1, -0.05) is 25.5 Å². The maximum Gasteiger partial charge on any atom is 0.0890 e. The first kappa shape index (κ1) is 13.9. The predicted octanol–water partition coefficient (Wildman–Crippen LogP) is 2.53. The smallest absolute Gasteiger partial charge is 0.0890 e. The van der Waals surface area contributed by atoms with Crippen LogP contribution in [0.15, 0.2) is 30.5 Å². The number of para-hydroxylation sites is 2. The summed E-state index contributed by atoms with van der Waals surface area (Å²) >= 11 is 0. The number of ether oxygens (including phenoxy) is 1. The molecule has 4 nitrogen and oxygen atoms in total. The molecule has 4 heteroatoms. The molecule has 1 aromatic heterocycles. The van der Waals surface area contributed by atoms with Gasteiger partial charge in [0.05, 0.1) is 29.5 Å². The van der Waals surface area contributed by atoms with Crippen LogP contribution in [0.5, 0.6) is 0 Å². The third kappa shape index (κ3) is 3.98. The summed E-state index contributed by atoms with van der Waals surface area (Å²) in [6.07, 6.45) is 4.09. The van der Waals surface area contributed by atoms with Crippen LogP contribution < -0.4 is 5.32 Å². The normalized spacial score (nSPS) is 12.7. The topological polar surface area (TPSA) is 47.0 Å². The summed E-state index contributed by atoms with van der Waals surface area (Å²) in [6.45, 7) is 3.64. The van der Waals surface area contributed by atoms with E-state index in [1.165, 1.54) is 0 Å².